The van der Waals surface area contributed by atoms with Crippen molar-refractivity contribution >= 4 is 56.0 Å². The molecule has 6 heterocycles. The Bertz CT molecular complexity index is 3040. The van der Waals surface area contributed by atoms with Crippen LogP contribution in [0.15, 0.2) is 90.5 Å². The average molecular weight is 1300 g/mol. The van der Waals surface area contributed by atoms with Gasteiger partial charge in [-0.15, -0.1) is 0 Å². The molecule has 0 saturated carbocycles. The third kappa shape index (κ3) is 22.0. The van der Waals surface area contributed by atoms with Gasteiger partial charge in [0.25, 0.3) is 0 Å². The number of fused-ring (bicyclic) bond motifs is 5. The fraction of sp³-hybridized carbons (Fsp3) is 0.545. The Kier molecular flexibility index (Phi) is 32.0. The fourth-order valence-corrected chi connectivity index (χ4v) is 10.3. The second-order valence-electron chi connectivity index (χ2n) is 20.4. The third-order valence-electron chi connectivity index (χ3n) is 14.2. The molecule has 6 aromatic heterocycles. The molecule has 0 radical (unpaired) electrons. The van der Waals surface area contributed by atoms with E-state index in [1.807, 2.05) is 60.7 Å². The van der Waals surface area contributed by atoms with Crippen LogP contribution in [0.3, 0.4) is 0 Å². The van der Waals surface area contributed by atoms with Crippen molar-refractivity contribution in [1.29, 1.82) is 0 Å². The van der Waals surface area contributed by atoms with E-state index < -0.39 is 0 Å². The molecule has 0 aliphatic rings. The Morgan fingerprint density at radius 2 is 0.544 bits per heavy atom. The number of hydrogen-bond acceptors (Lipinski definition) is 20. The van der Waals surface area contributed by atoms with Gasteiger partial charge in [-0.05, 0) is 72.8 Å². The zero-order valence-corrected chi connectivity index (χ0v) is 53.9. The quantitative estimate of drug-likeness (QED) is 0.0324. The first-order chi connectivity index (χ1) is 44.4. The monoisotopic (exact) mass is 1300 g/mol. The summed E-state index contributed by atoms with van der Waals surface area (Å²) in [5.74, 6) is 4.99. The van der Waals surface area contributed by atoms with Gasteiger partial charge in [0.05, 0.1) is 217 Å². The van der Waals surface area contributed by atoms with Crippen LogP contribution in [0.2, 0.25) is 10.0 Å². The van der Waals surface area contributed by atoms with Gasteiger partial charge in [0, 0.05) is 76.3 Å². The predicted octanol–water partition coefficient (Wildman–Crippen LogP) is 11.0. The molecule has 0 fully saturated rings. The minimum Gasteiger partial charge on any atom is -0.458 e. The summed E-state index contributed by atoms with van der Waals surface area (Å²) >= 11 is 14.8. The Morgan fingerprint density at radius 3 is 0.856 bits per heavy atom. The average Bonchev–Trinajstić information content (AvgIpc) is 1.55. The summed E-state index contributed by atoms with van der Waals surface area (Å²) in [5.41, 5.74) is 5.10. The number of benzene rings is 2. The minimum atomic E-state index is 0.365. The number of methoxy groups -OCH3 is 4. The van der Waals surface area contributed by atoms with E-state index in [1.165, 1.54) is 0 Å². The smallest absolute Gasteiger partial charge is 0.170 e. The van der Waals surface area contributed by atoms with E-state index >= 15 is 0 Å². The molecule has 0 unspecified atom stereocenters. The first-order valence-corrected chi connectivity index (χ1v) is 31.4. The highest BCUT2D eigenvalue weighted by Gasteiger charge is 2.26. The van der Waals surface area contributed by atoms with Crippen molar-refractivity contribution < 1.29 is 93.5 Å². The van der Waals surface area contributed by atoms with E-state index in [-0.39, 0.29) is 0 Å². The molecular formula is C66H88Cl2N2O20. The lowest BCUT2D eigenvalue weighted by Gasteiger charge is -2.12. The molecule has 0 aliphatic heterocycles. The van der Waals surface area contributed by atoms with Crippen molar-refractivity contribution in [2.75, 3.05) is 213 Å². The van der Waals surface area contributed by atoms with Crippen LogP contribution in [-0.2, 0) is 102 Å². The first-order valence-electron chi connectivity index (χ1n) is 30.7. The van der Waals surface area contributed by atoms with E-state index in [1.54, 1.807) is 28.4 Å². The van der Waals surface area contributed by atoms with E-state index in [0.717, 1.165) is 44.4 Å². The highest BCUT2D eigenvalue weighted by molar-refractivity contribution is 6.36. The minimum absolute atomic E-state index is 0.365. The maximum absolute atomic E-state index is 7.40. The summed E-state index contributed by atoms with van der Waals surface area (Å²) < 4.78 is 119. The number of hydrogen-bond donors (Lipinski definition) is 0. The van der Waals surface area contributed by atoms with Crippen LogP contribution >= 0.6 is 23.2 Å². The number of rotatable bonds is 52. The highest BCUT2D eigenvalue weighted by Crippen LogP contribution is 2.45. The van der Waals surface area contributed by atoms with Crippen molar-refractivity contribution in [2.24, 2.45) is 0 Å². The molecule has 8 rings (SSSR count). The third-order valence-corrected chi connectivity index (χ3v) is 14.8. The Hall–Kier alpha value is -5.16. The number of aromatic nitrogens is 2. The van der Waals surface area contributed by atoms with E-state index in [4.69, 9.17) is 117 Å². The standard InChI is InChI=1S/C66H88Cl2N2O20/c1-71-21-25-79-33-29-75-17-13-49-5-7-61(87-49)63-11-9-59(89-63)51-47-57-53(45-55(51)67)65-66(69(57)15-19-77-31-35-83-41-43-85-39-37-81-27-23-73-3)54-46-56(68)52(48-58(54)70(65)16-20-78-32-36-84-42-44-86-40-38-82-28-24-74-4)60-10-12-64(90-60)62-8-6-50(88-62)14-18-76-30-34-80-26-22-72-2/h5-12,45-48H,13-44H2,1-4H3. The fourth-order valence-electron chi connectivity index (χ4n) is 9.75. The highest BCUT2D eigenvalue weighted by atomic mass is 35.5. The first kappa shape index (κ1) is 70.7. The zero-order valence-electron chi connectivity index (χ0n) is 52.4. The van der Waals surface area contributed by atoms with Gasteiger partial charge in [-0.1, -0.05) is 23.2 Å². The normalized spacial score (nSPS) is 12.0. The summed E-state index contributed by atoms with van der Waals surface area (Å²) in [7, 11) is 6.58. The molecule has 0 atom stereocenters. The predicted molar refractivity (Wildman–Crippen MR) is 341 cm³/mol. The van der Waals surface area contributed by atoms with Gasteiger partial charge in [0.15, 0.2) is 23.0 Å². The van der Waals surface area contributed by atoms with Crippen LogP contribution < -0.4 is 0 Å². The molecule has 8 aromatic rings. The summed E-state index contributed by atoms with van der Waals surface area (Å²) in [5, 5.41) is 2.81. The second-order valence-corrected chi connectivity index (χ2v) is 21.2. The number of halogens is 2. The molecule has 0 bridgehead atoms. The molecule has 90 heavy (non-hydrogen) atoms. The molecule has 0 N–H and O–H groups in total. The second kappa shape index (κ2) is 40.7. The Morgan fingerprint density at radius 1 is 0.289 bits per heavy atom. The molecule has 22 nitrogen and oxygen atoms in total. The van der Waals surface area contributed by atoms with Crippen molar-refractivity contribution in [2.45, 2.75) is 25.9 Å². The van der Waals surface area contributed by atoms with Crippen LogP contribution in [-0.4, -0.2) is 223 Å². The van der Waals surface area contributed by atoms with Crippen LogP contribution in [0.5, 0.6) is 0 Å². The maximum atomic E-state index is 7.40. The molecule has 2 aromatic carbocycles. The maximum Gasteiger partial charge on any atom is 0.170 e. The molecule has 496 valence electrons. The van der Waals surface area contributed by atoms with Crippen LogP contribution in [0, 0.1) is 0 Å². The van der Waals surface area contributed by atoms with E-state index in [2.05, 4.69) is 21.3 Å². The number of nitrogens with zero attached hydrogens (tertiary/aromatic N) is 2. The largest absolute Gasteiger partial charge is 0.458 e. The summed E-state index contributed by atoms with van der Waals surface area (Å²) in [6.45, 7) is 14.1. The van der Waals surface area contributed by atoms with Crippen molar-refractivity contribution in [3.8, 4) is 45.7 Å². The molecule has 24 heteroatoms. The van der Waals surface area contributed by atoms with Gasteiger partial charge in [-0.25, -0.2) is 0 Å². The number of furan rings is 4. The van der Waals surface area contributed by atoms with Gasteiger partial charge >= 0.3 is 0 Å². The van der Waals surface area contributed by atoms with Crippen LogP contribution in [0.25, 0.3) is 78.5 Å². The molecule has 0 amide bonds. The van der Waals surface area contributed by atoms with Crippen molar-refractivity contribution in [3.05, 3.63) is 94.4 Å². The van der Waals surface area contributed by atoms with Gasteiger partial charge in [0.2, 0.25) is 0 Å². The summed E-state index contributed by atoms with van der Waals surface area (Å²) in [6.07, 6.45) is 1.18. The zero-order chi connectivity index (χ0) is 62.8. The molecular weight excluding hydrogens is 1210 g/mol. The van der Waals surface area contributed by atoms with Gasteiger partial charge in [-0.3, -0.25) is 0 Å². The van der Waals surface area contributed by atoms with Gasteiger partial charge in [-0.2, -0.15) is 0 Å². The van der Waals surface area contributed by atoms with Gasteiger partial charge < -0.3 is 103 Å². The molecule has 0 aliphatic carbocycles. The van der Waals surface area contributed by atoms with Crippen molar-refractivity contribution in [1.82, 2.24) is 9.13 Å². The topological polar surface area (TPSA) is 210 Å². The van der Waals surface area contributed by atoms with Gasteiger partial charge in [0.1, 0.15) is 23.0 Å². The van der Waals surface area contributed by atoms with Crippen LogP contribution in [0.1, 0.15) is 11.5 Å². The lowest BCUT2D eigenvalue weighted by Crippen LogP contribution is -2.14. The number of ether oxygens (including phenoxy) is 16. The van der Waals surface area contributed by atoms with E-state index in [0.29, 0.717) is 267 Å². The Balaban J connectivity index is 1.04. The van der Waals surface area contributed by atoms with Crippen molar-refractivity contribution in [3.63, 3.8) is 0 Å². The lowest BCUT2D eigenvalue weighted by atomic mass is 10.1. The SMILES string of the molecule is COCCOCCOCCOCCOCCn1c2cc(-c3ccc(-c4ccc(CCOCCOCCOC)o4)o3)c(Cl)cc2c2c1c1cc(Cl)c(-c3ccc(-c4ccc(CCOCCOCCOC)o4)o3)cc1n2CCOCCOCCOCCOCCOC. The van der Waals surface area contributed by atoms with Crippen LogP contribution in [0.4, 0.5) is 0 Å². The van der Waals surface area contributed by atoms with E-state index in [9.17, 15) is 0 Å². The Labute approximate surface area is 535 Å². The summed E-state index contributed by atoms with van der Waals surface area (Å²) in [4.78, 5) is 0. The summed E-state index contributed by atoms with van der Waals surface area (Å²) in [6, 6.07) is 23.4. The lowest BCUT2D eigenvalue weighted by molar-refractivity contribution is -0.00821. The molecule has 0 spiro atoms. The molecule has 0 saturated heterocycles.